The van der Waals surface area contributed by atoms with E-state index >= 15 is 0 Å². The number of aromatic nitrogens is 2. The van der Waals surface area contributed by atoms with Gasteiger partial charge in [0.25, 0.3) is 5.91 Å². The number of rotatable bonds is 11. The molecule has 0 radical (unpaired) electrons. The van der Waals surface area contributed by atoms with Crippen molar-refractivity contribution in [3.63, 3.8) is 0 Å². The van der Waals surface area contributed by atoms with Crippen molar-refractivity contribution in [1.82, 2.24) is 19.6 Å². The molecule has 3 aromatic rings. The summed E-state index contributed by atoms with van der Waals surface area (Å²) in [5.41, 5.74) is 0.872. The van der Waals surface area contributed by atoms with Gasteiger partial charge in [0.1, 0.15) is 11.9 Å². The highest BCUT2D eigenvalue weighted by molar-refractivity contribution is 7.89. The third kappa shape index (κ3) is 6.85. The van der Waals surface area contributed by atoms with E-state index in [1.807, 2.05) is 0 Å². The van der Waals surface area contributed by atoms with Crippen LogP contribution >= 0.6 is 22.9 Å². The summed E-state index contributed by atoms with van der Waals surface area (Å²) in [4.78, 5) is 43.8. The van der Waals surface area contributed by atoms with E-state index in [4.69, 9.17) is 16.3 Å². The smallest absolute Gasteiger partial charge is 0.326 e. The minimum atomic E-state index is -4.26. The number of imidazole rings is 1. The largest absolute Gasteiger partial charge is 0.464 e. The number of carbonyl (C=O) groups is 3. The van der Waals surface area contributed by atoms with Crippen molar-refractivity contribution in [2.45, 2.75) is 37.1 Å². The summed E-state index contributed by atoms with van der Waals surface area (Å²) in [6.07, 6.45) is 4.78. The Kier molecular flexibility index (Phi) is 9.05. The number of ether oxygens (including phenoxy) is 1. The molecule has 2 N–H and O–H groups in total. The number of aryl methyl sites for hydroxylation is 1. The molecule has 0 spiro atoms. The molecule has 11 nitrogen and oxygen atoms in total. The van der Waals surface area contributed by atoms with Gasteiger partial charge in [-0.15, -0.1) is 11.3 Å². The van der Waals surface area contributed by atoms with Crippen molar-refractivity contribution in [2.24, 2.45) is 7.05 Å². The van der Waals surface area contributed by atoms with Crippen LogP contribution in [0.5, 0.6) is 0 Å². The van der Waals surface area contributed by atoms with E-state index in [-0.39, 0.29) is 24.0 Å². The van der Waals surface area contributed by atoms with Crippen molar-refractivity contribution in [3.05, 3.63) is 63.3 Å². The van der Waals surface area contributed by atoms with Gasteiger partial charge in [0, 0.05) is 51.1 Å². The highest BCUT2D eigenvalue weighted by Crippen LogP contribution is 2.29. The number of hydrogen-bond donors (Lipinski definition) is 2. The minimum absolute atomic E-state index is 0.0397. The van der Waals surface area contributed by atoms with Crippen LogP contribution in [0.1, 0.15) is 33.9 Å². The molecule has 0 unspecified atom stereocenters. The van der Waals surface area contributed by atoms with Crippen LogP contribution in [0.4, 0.5) is 5.69 Å². The predicted octanol–water partition coefficient (Wildman–Crippen LogP) is 2.43. The molecular formula is C25H28ClN5O6S2. The number of anilines is 1. The molecule has 208 valence electrons. The Morgan fingerprint density at radius 3 is 2.69 bits per heavy atom. The summed E-state index contributed by atoms with van der Waals surface area (Å²) < 4.78 is 36.9. The number of halogens is 1. The maximum atomic E-state index is 13.5. The van der Waals surface area contributed by atoms with Crippen molar-refractivity contribution in [3.8, 4) is 0 Å². The molecule has 1 atom stereocenters. The van der Waals surface area contributed by atoms with Gasteiger partial charge in [0.2, 0.25) is 15.9 Å². The maximum Gasteiger partial charge on any atom is 0.326 e. The van der Waals surface area contributed by atoms with E-state index < -0.39 is 27.9 Å². The van der Waals surface area contributed by atoms with Gasteiger partial charge in [-0.3, -0.25) is 14.4 Å². The van der Waals surface area contributed by atoms with Gasteiger partial charge >= 0.3 is 5.97 Å². The summed E-state index contributed by atoms with van der Waals surface area (Å²) in [5.74, 6) is -0.763. The first-order chi connectivity index (χ1) is 18.6. The molecule has 3 heterocycles. The number of nitrogens with one attached hydrogen (secondary N) is 2. The van der Waals surface area contributed by atoms with E-state index in [9.17, 15) is 22.8 Å². The zero-order valence-corrected chi connectivity index (χ0v) is 23.7. The van der Waals surface area contributed by atoms with Crippen LogP contribution in [0, 0.1) is 6.92 Å². The molecule has 0 saturated carbocycles. The first-order valence-electron chi connectivity index (χ1n) is 12.2. The van der Waals surface area contributed by atoms with Gasteiger partial charge in [-0.2, -0.15) is 4.72 Å². The molecule has 1 aromatic carbocycles. The molecule has 2 aromatic heterocycles. The topological polar surface area (TPSA) is 140 Å². The van der Waals surface area contributed by atoms with Crippen LogP contribution in [-0.2, 0) is 37.8 Å². The molecule has 14 heteroatoms. The molecule has 0 aliphatic carbocycles. The molecule has 0 bridgehead atoms. The van der Waals surface area contributed by atoms with Crippen molar-refractivity contribution >= 4 is 56.4 Å². The molecule has 1 aliphatic rings. The van der Waals surface area contributed by atoms with E-state index in [0.717, 1.165) is 11.3 Å². The zero-order chi connectivity index (χ0) is 28.2. The molecule has 1 saturated heterocycles. The lowest BCUT2D eigenvalue weighted by Crippen LogP contribution is -2.49. The highest BCUT2D eigenvalue weighted by atomic mass is 35.5. The van der Waals surface area contributed by atoms with Crippen molar-refractivity contribution < 1.29 is 27.5 Å². The van der Waals surface area contributed by atoms with Gasteiger partial charge < -0.3 is 19.5 Å². The highest BCUT2D eigenvalue weighted by Gasteiger charge is 2.31. The van der Waals surface area contributed by atoms with E-state index in [2.05, 4.69) is 15.0 Å². The predicted molar refractivity (Wildman–Crippen MR) is 146 cm³/mol. The Labute approximate surface area is 235 Å². The van der Waals surface area contributed by atoms with E-state index in [1.54, 1.807) is 54.0 Å². The Morgan fingerprint density at radius 1 is 1.26 bits per heavy atom. The van der Waals surface area contributed by atoms with Crippen LogP contribution in [0.2, 0.25) is 4.34 Å². The lowest BCUT2D eigenvalue weighted by atomic mass is 10.2. The van der Waals surface area contributed by atoms with Gasteiger partial charge in [-0.25, -0.2) is 13.4 Å². The van der Waals surface area contributed by atoms with Crippen LogP contribution in [0.25, 0.3) is 0 Å². The summed E-state index contributed by atoms with van der Waals surface area (Å²) in [7, 11) is -2.46. The summed E-state index contributed by atoms with van der Waals surface area (Å²) in [6, 6.07) is 6.30. The van der Waals surface area contributed by atoms with Crippen LogP contribution in [-0.4, -0.2) is 61.5 Å². The quantitative estimate of drug-likeness (QED) is 0.325. The molecule has 39 heavy (non-hydrogen) atoms. The average molecular weight is 594 g/mol. The Morgan fingerprint density at radius 2 is 2.05 bits per heavy atom. The Hall–Kier alpha value is -3.26. The van der Waals surface area contributed by atoms with Crippen LogP contribution in [0.15, 0.2) is 47.6 Å². The Balaban J connectivity index is 1.52. The number of hydrogen-bond acceptors (Lipinski definition) is 8. The van der Waals surface area contributed by atoms with E-state index in [0.29, 0.717) is 52.1 Å². The lowest BCUT2D eigenvalue weighted by Gasteiger charge is -2.22. The fourth-order valence-corrected chi connectivity index (χ4v) is 6.62. The summed E-state index contributed by atoms with van der Waals surface area (Å²) in [5, 5.41) is 2.57. The second-order valence-corrected chi connectivity index (χ2v) is 12.3. The molecular weight excluding hydrogens is 566 g/mol. The SMILES string of the molecule is Cc1c(N2CCCC2=O)cccc1S(=O)(=O)N[C@@H](CNC(=O)c1ccc(Cl)s1)C(=O)OCCc1nccn1C. The van der Waals surface area contributed by atoms with Crippen molar-refractivity contribution in [2.75, 3.05) is 24.6 Å². The third-order valence-corrected chi connectivity index (χ3v) is 9.09. The summed E-state index contributed by atoms with van der Waals surface area (Å²) in [6.45, 7) is 1.71. The van der Waals surface area contributed by atoms with E-state index in [1.165, 1.54) is 12.1 Å². The second-order valence-electron chi connectivity index (χ2n) is 8.91. The summed E-state index contributed by atoms with van der Waals surface area (Å²) >= 11 is 6.96. The second kappa shape index (κ2) is 12.3. The fraction of sp³-hybridized carbons (Fsp3) is 0.360. The number of thiophene rings is 1. The third-order valence-electron chi connectivity index (χ3n) is 6.25. The maximum absolute atomic E-state index is 13.5. The molecule has 4 rings (SSSR count). The first-order valence-corrected chi connectivity index (χ1v) is 14.8. The standard InChI is InChI=1S/C25H28ClN5O6S2/c1-16-18(31-12-4-7-23(31)32)5-3-6-20(16)39(35,36)29-17(15-28-24(33)19-8-9-21(26)38-19)25(34)37-14-10-22-27-11-13-30(22)2/h3,5-6,8-9,11,13,17,29H,4,7,10,12,14-15H2,1-2H3,(H,28,33)/t17-/m0/s1. The number of carbonyl (C=O) groups excluding carboxylic acids is 3. The van der Waals surface area contributed by atoms with Gasteiger partial charge in [0.05, 0.1) is 20.7 Å². The van der Waals surface area contributed by atoms with Gasteiger partial charge in [0.15, 0.2) is 0 Å². The van der Waals surface area contributed by atoms with Crippen molar-refractivity contribution in [1.29, 1.82) is 0 Å². The number of sulfonamides is 1. The molecule has 1 aliphatic heterocycles. The molecule has 2 amide bonds. The monoisotopic (exact) mass is 593 g/mol. The fourth-order valence-electron chi connectivity index (χ4n) is 4.21. The van der Waals surface area contributed by atoms with Gasteiger partial charge in [-0.1, -0.05) is 17.7 Å². The normalized spacial score (nSPS) is 14.4. The van der Waals surface area contributed by atoms with Crippen LogP contribution in [0.3, 0.4) is 0 Å². The van der Waals surface area contributed by atoms with Gasteiger partial charge in [-0.05, 0) is 43.2 Å². The number of amides is 2. The minimum Gasteiger partial charge on any atom is -0.464 e. The number of benzene rings is 1. The average Bonchev–Trinajstić information content (AvgIpc) is 3.63. The first kappa shape index (κ1) is 28.7. The number of esters is 1. The number of nitrogens with zero attached hydrogens (tertiary/aromatic N) is 3. The van der Waals surface area contributed by atoms with Crippen LogP contribution < -0.4 is 14.9 Å². The lowest BCUT2D eigenvalue weighted by molar-refractivity contribution is -0.145. The Bertz CT molecular complexity index is 1490. The zero-order valence-electron chi connectivity index (χ0n) is 21.3. The molecule has 1 fully saturated rings.